The fraction of sp³-hybridized carbons (Fsp3) is 0.875. The number of nitrogens with zero attached hydrogens (tertiary/aromatic N) is 3. The maximum Gasteiger partial charge on any atom is 0.152 e. The lowest BCUT2D eigenvalue weighted by Gasteiger charge is -2.31. The first kappa shape index (κ1) is 9.29. The van der Waals surface area contributed by atoms with Gasteiger partial charge in [-0.2, -0.15) is 10.2 Å². The van der Waals surface area contributed by atoms with E-state index < -0.39 is 0 Å². The summed E-state index contributed by atoms with van der Waals surface area (Å²) in [6.07, 6.45) is 1.01. The van der Waals surface area contributed by atoms with Crippen LogP contribution in [0.15, 0.2) is 5.10 Å². The van der Waals surface area contributed by atoms with Gasteiger partial charge >= 0.3 is 0 Å². The largest absolute Gasteiger partial charge is 0.268 e. The van der Waals surface area contributed by atoms with Crippen molar-refractivity contribution in [2.24, 2.45) is 11.0 Å². The number of hydrogen-bond donors (Lipinski definition) is 0. The zero-order valence-electron chi connectivity index (χ0n) is 8.03. The van der Waals surface area contributed by atoms with E-state index in [1.807, 2.05) is 27.7 Å². The zero-order valence-corrected chi connectivity index (χ0v) is 8.03. The van der Waals surface area contributed by atoms with Crippen LogP contribution in [0, 0.1) is 5.92 Å². The highest BCUT2D eigenvalue weighted by molar-refractivity contribution is 5.55. The number of halogens is 1. The molecule has 0 amide bonds. The van der Waals surface area contributed by atoms with E-state index >= 15 is 0 Å². The Bertz CT molecular complexity index is 179. The first-order valence-electron chi connectivity index (χ1n) is 4.30. The Morgan fingerprint density at radius 2 is 1.92 bits per heavy atom. The van der Waals surface area contributed by atoms with Gasteiger partial charge in [-0.15, -0.1) is 0 Å². The van der Waals surface area contributed by atoms with Crippen LogP contribution >= 0.6 is 0 Å². The van der Waals surface area contributed by atoms with Crippen molar-refractivity contribution in [2.75, 3.05) is 0 Å². The van der Waals surface area contributed by atoms with E-state index in [-0.39, 0.29) is 18.1 Å². The van der Waals surface area contributed by atoms with Gasteiger partial charge in [-0.25, -0.2) is 0 Å². The Hall–Kier alpha value is -0.800. The highest BCUT2D eigenvalue weighted by Crippen LogP contribution is 2.22. The molecule has 1 rings (SSSR count). The fourth-order valence-corrected chi connectivity index (χ4v) is 1.39. The van der Waals surface area contributed by atoms with Crippen LogP contribution in [0.2, 0.25) is 0 Å². The van der Waals surface area contributed by atoms with Gasteiger partial charge < -0.3 is 0 Å². The molecule has 0 saturated carbocycles. The summed E-state index contributed by atoms with van der Waals surface area (Å²) in [4.78, 5) is 0. The minimum atomic E-state index is -0.231. The van der Waals surface area contributed by atoms with Crippen LogP contribution in [0.25, 0.3) is 0 Å². The molecule has 4 heteroatoms. The van der Waals surface area contributed by atoms with Crippen LogP contribution in [0.4, 0.5) is 4.48 Å². The van der Waals surface area contributed by atoms with Crippen molar-refractivity contribution in [1.82, 2.24) is 10.1 Å². The zero-order chi connectivity index (χ0) is 9.30. The monoisotopic (exact) mass is 173 g/mol. The molecule has 0 saturated heterocycles. The number of rotatable bonds is 2. The molecule has 0 aromatic rings. The van der Waals surface area contributed by atoms with E-state index in [0.29, 0.717) is 5.12 Å². The summed E-state index contributed by atoms with van der Waals surface area (Å²) in [5.74, 6) is 0.236. The van der Waals surface area contributed by atoms with E-state index in [1.165, 1.54) is 6.34 Å². The molecule has 1 aliphatic heterocycles. The maximum absolute atomic E-state index is 13.1. The molecule has 70 valence electrons. The molecule has 0 aromatic carbocycles. The van der Waals surface area contributed by atoms with E-state index in [0.717, 1.165) is 0 Å². The smallest absolute Gasteiger partial charge is 0.152 e. The van der Waals surface area contributed by atoms with Gasteiger partial charge in [0.25, 0.3) is 0 Å². The molecule has 0 radical (unpaired) electrons. The maximum atomic E-state index is 13.1. The van der Waals surface area contributed by atoms with Crippen LogP contribution in [0.5, 0.6) is 0 Å². The summed E-state index contributed by atoms with van der Waals surface area (Å²) in [6.45, 7) is 7.99. The topological polar surface area (TPSA) is 18.8 Å². The highest BCUT2D eigenvalue weighted by atomic mass is 19.2. The first-order chi connectivity index (χ1) is 5.54. The Morgan fingerprint density at radius 3 is 2.25 bits per heavy atom. The summed E-state index contributed by atoms with van der Waals surface area (Å²) in [6, 6.07) is 0.245. The molecular weight excluding hydrogens is 157 g/mol. The van der Waals surface area contributed by atoms with Crippen molar-refractivity contribution in [1.29, 1.82) is 0 Å². The summed E-state index contributed by atoms with van der Waals surface area (Å²) in [5.41, 5.74) is 0. The number of hydrogen-bond acceptors (Lipinski definition) is 3. The third-order valence-corrected chi connectivity index (χ3v) is 1.94. The summed E-state index contributed by atoms with van der Waals surface area (Å²) < 4.78 is 13.1. The van der Waals surface area contributed by atoms with Gasteiger partial charge in [-0.3, -0.25) is 5.01 Å². The van der Waals surface area contributed by atoms with Crippen molar-refractivity contribution in [3.63, 3.8) is 0 Å². The van der Waals surface area contributed by atoms with E-state index in [1.54, 1.807) is 5.01 Å². The minimum Gasteiger partial charge on any atom is -0.268 e. The molecule has 3 nitrogen and oxygen atoms in total. The molecule has 1 aliphatic rings. The van der Waals surface area contributed by atoms with Gasteiger partial charge in [0.05, 0.1) is 0 Å². The average Bonchev–Trinajstić information content (AvgIpc) is 2.30. The molecule has 0 bridgehead atoms. The SMILES string of the molecule is CC(C)C1N(F)C=NN1C(C)C. The molecular formula is C8H16FN3. The first-order valence-corrected chi connectivity index (χ1v) is 4.30. The summed E-state index contributed by atoms with van der Waals surface area (Å²) in [7, 11) is 0. The molecule has 0 N–H and O–H groups in total. The van der Waals surface area contributed by atoms with Crippen molar-refractivity contribution in [3.05, 3.63) is 0 Å². The molecule has 0 fully saturated rings. The van der Waals surface area contributed by atoms with Gasteiger partial charge in [-0.05, 0) is 19.8 Å². The van der Waals surface area contributed by atoms with E-state index in [2.05, 4.69) is 5.10 Å². The fourth-order valence-electron chi connectivity index (χ4n) is 1.39. The van der Waals surface area contributed by atoms with Crippen molar-refractivity contribution < 1.29 is 4.48 Å². The van der Waals surface area contributed by atoms with Crippen LogP contribution in [0.3, 0.4) is 0 Å². The lowest BCUT2D eigenvalue weighted by atomic mass is 10.1. The molecule has 0 aromatic heterocycles. The standard InChI is InChI=1S/C8H16FN3/c1-6(2)8-11(9)5-10-12(8)7(3)4/h5-8H,1-4H3. The van der Waals surface area contributed by atoms with Crippen LogP contribution in [0.1, 0.15) is 27.7 Å². The second-order valence-electron chi connectivity index (χ2n) is 3.71. The highest BCUT2D eigenvalue weighted by Gasteiger charge is 2.32. The van der Waals surface area contributed by atoms with Gasteiger partial charge in [0.1, 0.15) is 6.34 Å². The lowest BCUT2D eigenvalue weighted by molar-refractivity contribution is -0.0341. The van der Waals surface area contributed by atoms with Crippen molar-refractivity contribution in [3.8, 4) is 0 Å². The Balaban J connectivity index is 2.69. The number of hydrazone groups is 1. The predicted octanol–water partition coefficient (Wildman–Crippen LogP) is 1.82. The summed E-state index contributed by atoms with van der Waals surface area (Å²) >= 11 is 0. The Labute approximate surface area is 72.8 Å². The molecule has 1 heterocycles. The molecule has 1 atom stereocenters. The van der Waals surface area contributed by atoms with Crippen LogP contribution in [-0.4, -0.2) is 28.7 Å². The van der Waals surface area contributed by atoms with Crippen molar-refractivity contribution >= 4 is 6.34 Å². The van der Waals surface area contributed by atoms with Crippen LogP contribution < -0.4 is 0 Å². The average molecular weight is 173 g/mol. The molecule has 0 aliphatic carbocycles. The molecule has 1 unspecified atom stereocenters. The van der Waals surface area contributed by atoms with Gasteiger partial charge in [0, 0.05) is 6.04 Å². The second kappa shape index (κ2) is 3.29. The Kier molecular flexibility index (Phi) is 2.55. The van der Waals surface area contributed by atoms with E-state index in [9.17, 15) is 4.48 Å². The third kappa shape index (κ3) is 1.52. The van der Waals surface area contributed by atoms with Gasteiger partial charge in [-0.1, -0.05) is 18.3 Å². The lowest BCUT2D eigenvalue weighted by Crippen LogP contribution is -2.42. The summed E-state index contributed by atoms with van der Waals surface area (Å²) in [5, 5.41) is 6.43. The van der Waals surface area contributed by atoms with E-state index in [4.69, 9.17) is 0 Å². The van der Waals surface area contributed by atoms with Crippen molar-refractivity contribution in [2.45, 2.75) is 39.9 Å². The normalized spacial score (nSPS) is 23.4. The predicted molar refractivity (Wildman–Crippen MR) is 47.0 cm³/mol. The Morgan fingerprint density at radius 1 is 1.33 bits per heavy atom. The third-order valence-electron chi connectivity index (χ3n) is 1.94. The second-order valence-corrected chi connectivity index (χ2v) is 3.71. The quantitative estimate of drug-likeness (QED) is 0.593. The molecule has 12 heavy (non-hydrogen) atoms. The van der Waals surface area contributed by atoms with Crippen LogP contribution in [-0.2, 0) is 0 Å². The van der Waals surface area contributed by atoms with Gasteiger partial charge in [0.2, 0.25) is 0 Å². The molecule has 0 spiro atoms. The van der Waals surface area contributed by atoms with Gasteiger partial charge in [0.15, 0.2) is 6.17 Å². The minimum absolute atomic E-state index is 0.231.